The van der Waals surface area contributed by atoms with Crippen LogP contribution in [0.2, 0.25) is 0 Å². The molecule has 1 atom stereocenters. The molecule has 1 aliphatic heterocycles. The van der Waals surface area contributed by atoms with E-state index in [0.717, 1.165) is 0 Å². The van der Waals surface area contributed by atoms with Gasteiger partial charge in [-0.15, -0.1) is 0 Å². The molecule has 1 unspecified atom stereocenters. The molecule has 0 bridgehead atoms. The molecule has 20 heavy (non-hydrogen) atoms. The summed E-state index contributed by atoms with van der Waals surface area (Å²) >= 11 is 0. The van der Waals surface area contributed by atoms with Crippen molar-refractivity contribution in [1.29, 1.82) is 0 Å². The first kappa shape index (κ1) is 14.7. The summed E-state index contributed by atoms with van der Waals surface area (Å²) < 4.78 is 63.1. The van der Waals surface area contributed by atoms with E-state index in [1.807, 2.05) is 0 Å². The highest BCUT2D eigenvalue weighted by Gasteiger charge is 2.65. The molecule has 0 saturated carbocycles. The van der Waals surface area contributed by atoms with E-state index in [2.05, 4.69) is 0 Å². The Morgan fingerprint density at radius 2 is 1.70 bits per heavy atom. The molecule has 2 nitrogen and oxygen atoms in total. The quantitative estimate of drug-likeness (QED) is 0.764. The summed E-state index contributed by atoms with van der Waals surface area (Å²) in [7, 11) is 0. The molecule has 1 heterocycles. The molecule has 1 amide bonds. The fourth-order valence-corrected chi connectivity index (χ4v) is 2.33. The average molecular weight is 293 g/mol. The Morgan fingerprint density at radius 1 is 1.10 bits per heavy atom. The molecule has 1 aliphatic rings. The molecule has 1 saturated heterocycles. The molecular weight excluding hydrogens is 281 g/mol. The van der Waals surface area contributed by atoms with Crippen molar-refractivity contribution in [3.63, 3.8) is 0 Å². The molecular formula is C13H12F5NO. The Balaban J connectivity index is 2.26. The number of nitrogens with zero attached hydrogens (tertiary/aromatic N) is 1. The maximum absolute atomic E-state index is 13.1. The Bertz CT molecular complexity index is 485. The zero-order valence-electron chi connectivity index (χ0n) is 10.3. The summed E-state index contributed by atoms with van der Waals surface area (Å²) in [6.07, 6.45) is -5.09. The first-order valence-corrected chi connectivity index (χ1v) is 6.05. The molecule has 2 rings (SSSR count). The van der Waals surface area contributed by atoms with Gasteiger partial charge in [0.1, 0.15) is 0 Å². The van der Waals surface area contributed by atoms with Crippen LogP contribution in [-0.2, 0) is 4.79 Å². The van der Waals surface area contributed by atoms with Crippen molar-refractivity contribution < 1.29 is 26.7 Å². The second-order valence-corrected chi connectivity index (χ2v) is 4.64. The van der Waals surface area contributed by atoms with E-state index in [1.165, 1.54) is 0 Å². The van der Waals surface area contributed by atoms with Crippen LogP contribution in [0.5, 0.6) is 0 Å². The Kier molecular flexibility index (Phi) is 3.71. The van der Waals surface area contributed by atoms with Gasteiger partial charge in [-0.05, 0) is 18.4 Å². The van der Waals surface area contributed by atoms with Gasteiger partial charge in [-0.2, -0.15) is 22.0 Å². The lowest BCUT2D eigenvalue weighted by Crippen LogP contribution is -2.51. The van der Waals surface area contributed by atoms with Crippen LogP contribution >= 0.6 is 0 Å². The normalized spacial score (nSPS) is 20.2. The third-order valence-corrected chi connectivity index (χ3v) is 3.32. The van der Waals surface area contributed by atoms with Gasteiger partial charge in [0.05, 0.1) is 6.04 Å². The predicted molar refractivity (Wildman–Crippen MR) is 61.1 cm³/mol. The number of carbonyl (C=O) groups is 1. The third kappa shape index (κ3) is 2.48. The van der Waals surface area contributed by atoms with Crippen LogP contribution in [-0.4, -0.2) is 29.5 Å². The van der Waals surface area contributed by atoms with E-state index in [-0.39, 0.29) is 6.54 Å². The van der Waals surface area contributed by atoms with Gasteiger partial charge >= 0.3 is 18.0 Å². The number of halogens is 5. The van der Waals surface area contributed by atoms with Gasteiger partial charge in [-0.25, -0.2) is 0 Å². The van der Waals surface area contributed by atoms with E-state index in [9.17, 15) is 26.7 Å². The maximum atomic E-state index is 13.1. The number of carbonyl (C=O) groups excluding carboxylic acids is 1. The molecule has 1 fully saturated rings. The minimum Gasteiger partial charge on any atom is -0.330 e. The summed E-state index contributed by atoms with van der Waals surface area (Å²) in [5.41, 5.74) is 0.566. The van der Waals surface area contributed by atoms with Gasteiger partial charge in [-0.3, -0.25) is 4.79 Å². The van der Waals surface area contributed by atoms with Gasteiger partial charge < -0.3 is 4.90 Å². The summed E-state index contributed by atoms with van der Waals surface area (Å²) in [6, 6.07) is 7.51. The molecule has 1 aromatic rings. The largest absolute Gasteiger partial charge is 0.463 e. The number of likely N-dealkylation sites (tertiary alicyclic amines) is 1. The van der Waals surface area contributed by atoms with Crippen LogP contribution in [0.1, 0.15) is 24.4 Å². The molecule has 7 heteroatoms. The van der Waals surface area contributed by atoms with E-state index >= 15 is 0 Å². The highest BCUT2D eigenvalue weighted by Crippen LogP contribution is 2.41. The van der Waals surface area contributed by atoms with Gasteiger partial charge in [0.2, 0.25) is 0 Å². The van der Waals surface area contributed by atoms with Gasteiger partial charge in [-0.1, -0.05) is 30.3 Å². The van der Waals surface area contributed by atoms with Crippen LogP contribution in [0.4, 0.5) is 22.0 Å². The van der Waals surface area contributed by atoms with Crippen molar-refractivity contribution in [2.45, 2.75) is 31.0 Å². The van der Waals surface area contributed by atoms with E-state index in [0.29, 0.717) is 23.3 Å². The summed E-state index contributed by atoms with van der Waals surface area (Å²) in [6.45, 7) is -0.0932. The number of rotatable bonds is 2. The van der Waals surface area contributed by atoms with Crippen LogP contribution in [0, 0.1) is 0 Å². The van der Waals surface area contributed by atoms with E-state index in [4.69, 9.17) is 0 Å². The number of hydrogen-bond donors (Lipinski definition) is 0. The van der Waals surface area contributed by atoms with Crippen molar-refractivity contribution in [2.24, 2.45) is 0 Å². The molecule has 0 N–H and O–H groups in total. The summed E-state index contributed by atoms with van der Waals surface area (Å²) in [5, 5.41) is 0. The van der Waals surface area contributed by atoms with Gasteiger partial charge in [0.25, 0.3) is 0 Å². The average Bonchev–Trinajstić information content (AvgIpc) is 2.86. The Morgan fingerprint density at radius 3 is 2.25 bits per heavy atom. The second kappa shape index (κ2) is 5.03. The lowest BCUT2D eigenvalue weighted by atomic mass is 10.0. The number of hydrogen-bond acceptors (Lipinski definition) is 1. The molecule has 0 spiro atoms. The first-order chi connectivity index (χ1) is 9.25. The van der Waals surface area contributed by atoms with Crippen LogP contribution in [0.15, 0.2) is 30.3 Å². The first-order valence-electron chi connectivity index (χ1n) is 6.05. The van der Waals surface area contributed by atoms with E-state index in [1.54, 1.807) is 30.3 Å². The van der Waals surface area contributed by atoms with Crippen LogP contribution in [0.25, 0.3) is 0 Å². The monoisotopic (exact) mass is 293 g/mol. The van der Waals surface area contributed by atoms with Crippen molar-refractivity contribution >= 4 is 5.91 Å². The number of alkyl halides is 5. The zero-order chi connectivity index (χ0) is 15.0. The smallest absolute Gasteiger partial charge is 0.330 e. The minimum atomic E-state index is -5.87. The minimum absolute atomic E-state index is 0.0932. The lowest BCUT2D eigenvalue weighted by molar-refractivity contribution is -0.274. The highest BCUT2D eigenvalue weighted by atomic mass is 19.4. The SMILES string of the molecule is O=C(N1CCCC1c1ccccc1)C(F)(F)C(F)(F)F. The number of amides is 1. The van der Waals surface area contributed by atoms with Crippen molar-refractivity contribution in [3.8, 4) is 0 Å². The van der Waals surface area contributed by atoms with E-state index < -0.39 is 24.0 Å². The van der Waals surface area contributed by atoms with Crippen molar-refractivity contribution in [2.75, 3.05) is 6.54 Å². The zero-order valence-corrected chi connectivity index (χ0v) is 10.3. The third-order valence-electron chi connectivity index (χ3n) is 3.32. The van der Waals surface area contributed by atoms with Gasteiger partial charge in [0.15, 0.2) is 0 Å². The fourth-order valence-electron chi connectivity index (χ4n) is 2.33. The lowest BCUT2D eigenvalue weighted by Gasteiger charge is -2.29. The van der Waals surface area contributed by atoms with Crippen molar-refractivity contribution in [3.05, 3.63) is 35.9 Å². The summed E-state index contributed by atoms with van der Waals surface area (Å²) in [4.78, 5) is 12.2. The van der Waals surface area contributed by atoms with Crippen molar-refractivity contribution in [1.82, 2.24) is 4.90 Å². The Hall–Kier alpha value is -1.66. The van der Waals surface area contributed by atoms with Crippen LogP contribution < -0.4 is 0 Å². The number of benzene rings is 1. The highest BCUT2D eigenvalue weighted by molar-refractivity contribution is 5.85. The molecule has 0 radical (unpaired) electrons. The Labute approximate surface area is 112 Å². The molecule has 0 aliphatic carbocycles. The summed E-state index contributed by atoms with van der Waals surface area (Å²) in [5.74, 6) is -7.51. The topological polar surface area (TPSA) is 20.3 Å². The fraction of sp³-hybridized carbons (Fsp3) is 0.462. The molecule has 0 aromatic heterocycles. The second-order valence-electron chi connectivity index (χ2n) is 4.64. The standard InChI is InChI=1S/C13H12F5NO/c14-12(15,13(16,17)18)11(20)19-8-4-7-10(19)9-5-2-1-3-6-9/h1-3,5-6,10H,4,7-8H2. The molecule has 1 aromatic carbocycles. The predicted octanol–water partition coefficient (Wildman–Crippen LogP) is 3.55. The van der Waals surface area contributed by atoms with Crippen LogP contribution in [0.3, 0.4) is 0 Å². The molecule has 110 valence electrons. The maximum Gasteiger partial charge on any atom is 0.463 e. The van der Waals surface area contributed by atoms with Gasteiger partial charge in [0, 0.05) is 6.54 Å².